The number of thiocarbonyl (C=S) groups is 1. The Balaban J connectivity index is 1.89. The molecule has 0 radical (unpaired) electrons. The second kappa shape index (κ2) is 8.96. The van der Waals surface area contributed by atoms with Gasteiger partial charge in [-0.2, -0.15) is 5.10 Å². The van der Waals surface area contributed by atoms with Crippen molar-refractivity contribution in [3.8, 4) is 16.9 Å². The molecule has 0 bridgehead atoms. The molecule has 2 heterocycles. The maximum absolute atomic E-state index is 12.7. The highest BCUT2D eigenvalue weighted by Crippen LogP contribution is 2.36. The molecule has 13 heteroatoms. The van der Waals surface area contributed by atoms with Crippen molar-refractivity contribution in [2.45, 2.75) is 6.92 Å². The summed E-state index contributed by atoms with van der Waals surface area (Å²) in [5.74, 6) is -1.08. The van der Waals surface area contributed by atoms with Crippen LogP contribution in [-0.2, 0) is 9.59 Å². The molecule has 0 saturated carbocycles. The number of non-ortho nitro benzene ring substituents is 1. The molecule has 1 aliphatic heterocycles. The number of hydrogen-bond donors (Lipinski definition) is 0. The second-order valence-electron chi connectivity index (χ2n) is 6.97. The van der Waals surface area contributed by atoms with Crippen LogP contribution in [0.4, 0.5) is 11.4 Å². The van der Waals surface area contributed by atoms with Gasteiger partial charge in [0.05, 0.1) is 26.5 Å². The highest BCUT2D eigenvalue weighted by atomic mass is 32.2. The quantitative estimate of drug-likeness (QED) is 0.221. The highest BCUT2D eigenvalue weighted by molar-refractivity contribution is 8.26. The Morgan fingerprint density at radius 1 is 1.12 bits per heavy atom. The molecule has 11 nitrogen and oxygen atoms in total. The number of hydrogen-bond acceptors (Lipinski definition) is 9. The minimum atomic E-state index is -0.732. The summed E-state index contributed by atoms with van der Waals surface area (Å²) in [4.78, 5) is 46.8. The molecule has 0 atom stereocenters. The number of rotatable bonds is 5. The molecule has 0 aliphatic carbocycles. The molecule has 0 N–H and O–H groups in total. The Bertz CT molecular complexity index is 1420. The number of carbonyl (C=O) groups excluding carboxylic acids is 2. The zero-order chi connectivity index (χ0) is 24.6. The summed E-state index contributed by atoms with van der Waals surface area (Å²) in [6.45, 7) is 1.23. The zero-order valence-corrected chi connectivity index (χ0v) is 18.9. The van der Waals surface area contributed by atoms with Crippen LogP contribution in [0.3, 0.4) is 0 Å². The topological polar surface area (TPSA) is 141 Å². The van der Waals surface area contributed by atoms with Gasteiger partial charge in [0.15, 0.2) is 4.32 Å². The summed E-state index contributed by atoms with van der Waals surface area (Å²) >= 11 is 6.08. The van der Waals surface area contributed by atoms with Crippen LogP contribution < -0.4 is 0 Å². The van der Waals surface area contributed by atoms with Crippen molar-refractivity contribution in [1.82, 2.24) is 14.7 Å². The Hall–Kier alpha value is -4.23. The van der Waals surface area contributed by atoms with Crippen LogP contribution in [0.15, 0.2) is 59.6 Å². The molecule has 2 aromatic carbocycles. The van der Waals surface area contributed by atoms with Crippen molar-refractivity contribution in [3.05, 3.63) is 85.4 Å². The van der Waals surface area contributed by atoms with Gasteiger partial charge in [-0.3, -0.25) is 29.8 Å². The first-order chi connectivity index (χ1) is 16.2. The average molecular weight is 495 g/mol. The van der Waals surface area contributed by atoms with Crippen molar-refractivity contribution in [2.75, 3.05) is 0 Å². The molecular formula is C21H13N5O6S2. The standard InChI is InChI=1S/C21H13N5O6S2/c1-12(27)24-20(28)18(34-21(24)33)9-14-11-23(22-19(14)13-5-3-2-4-6-13)16-8-7-15(25(29)30)10-17(16)26(31)32/h2-11H,1H3/b18-9-. The number of imide groups is 1. The number of nitro benzene ring substituents is 2. The smallest absolute Gasteiger partial charge is 0.274 e. The lowest BCUT2D eigenvalue weighted by molar-refractivity contribution is -0.394. The van der Waals surface area contributed by atoms with Gasteiger partial charge in [-0.15, -0.1) is 0 Å². The fraction of sp³-hybridized carbons (Fsp3) is 0.0476. The van der Waals surface area contributed by atoms with Gasteiger partial charge in [0.25, 0.3) is 11.6 Å². The van der Waals surface area contributed by atoms with Gasteiger partial charge in [-0.1, -0.05) is 54.3 Å². The minimum Gasteiger partial charge on any atom is -0.274 e. The zero-order valence-electron chi connectivity index (χ0n) is 17.3. The van der Waals surface area contributed by atoms with E-state index in [-0.39, 0.29) is 14.9 Å². The van der Waals surface area contributed by atoms with Gasteiger partial charge in [-0.05, 0) is 12.1 Å². The Morgan fingerprint density at radius 3 is 2.41 bits per heavy atom. The van der Waals surface area contributed by atoms with E-state index in [1.807, 2.05) is 0 Å². The molecule has 1 fully saturated rings. The predicted molar refractivity (Wildman–Crippen MR) is 128 cm³/mol. The van der Waals surface area contributed by atoms with Crippen LogP contribution in [0.1, 0.15) is 12.5 Å². The number of benzene rings is 2. The molecule has 34 heavy (non-hydrogen) atoms. The van der Waals surface area contributed by atoms with E-state index in [1.165, 1.54) is 29.9 Å². The monoisotopic (exact) mass is 495 g/mol. The molecule has 1 aliphatic rings. The van der Waals surface area contributed by atoms with Gasteiger partial charge in [0, 0.05) is 30.3 Å². The first-order valence-electron chi connectivity index (χ1n) is 9.54. The van der Waals surface area contributed by atoms with Crippen molar-refractivity contribution >= 4 is 57.6 Å². The summed E-state index contributed by atoms with van der Waals surface area (Å²) in [5, 5.41) is 27.2. The van der Waals surface area contributed by atoms with E-state index in [2.05, 4.69) is 5.10 Å². The fourth-order valence-corrected chi connectivity index (χ4v) is 4.62. The molecule has 0 spiro atoms. The molecule has 4 rings (SSSR count). The van der Waals surface area contributed by atoms with Crippen molar-refractivity contribution in [3.63, 3.8) is 0 Å². The molecule has 170 valence electrons. The van der Waals surface area contributed by atoms with E-state index in [0.29, 0.717) is 16.8 Å². The van der Waals surface area contributed by atoms with Crippen molar-refractivity contribution in [1.29, 1.82) is 0 Å². The fourth-order valence-electron chi connectivity index (χ4n) is 3.28. The number of carbonyl (C=O) groups is 2. The van der Waals surface area contributed by atoms with Crippen LogP contribution >= 0.6 is 24.0 Å². The van der Waals surface area contributed by atoms with E-state index < -0.39 is 33.0 Å². The Morgan fingerprint density at radius 2 is 1.82 bits per heavy atom. The predicted octanol–water partition coefficient (Wildman–Crippen LogP) is 4.10. The summed E-state index contributed by atoms with van der Waals surface area (Å²) in [6, 6.07) is 12.1. The molecule has 1 saturated heterocycles. The van der Waals surface area contributed by atoms with Gasteiger partial charge in [-0.25, -0.2) is 9.58 Å². The number of thioether (sulfide) groups is 1. The summed E-state index contributed by atoms with van der Waals surface area (Å²) in [6.07, 6.45) is 2.97. The van der Waals surface area contributed by atoms with Gasteiger partial charge in [0.2, 0.25) is 5.91 Å². The number of nitro groups is 2. The lowest BCUT2D eigenvalue weighted by Gasteiger charge is -2.07. The van der Waals surface area contributed by atoms with Gasteiger partial charge in [0.1, 0.15) is 5.69 Å². The van der Waals surface area contributed by atoms with E-state index in [4.69, 9.17) is 12.2 Å². The highest BCUT2D eigenvalue weighted by Gasteiger charge is 2.35. The summed E-state index contributed by atoms with van der Waals surface area (Å²) < 4.78 is 1.32. The maximum atomic E-state index is 12.7. The van der Waals surface area contributed by atoms with E-state index >= 15 is 0 Å². The van der Waals surface area contributed by atoms with E-state index in [0.717, 1.165) is 28.8 Å². The average Bonchev–Trinajstić information content (AvgIpc) is 3.34. The van der Waals surface area contributed by atoms with Crippen LogP contribution in [0.5, 0.6) is 0 Å². The van der Waals surface area contributed by atoms with Crippen LogP contribution in [-0.4, -0.2) is 40.7 Å². The summed E-state index contributed by atoms with van der Waals surface area (Å²) in [5.41, 5.74) is 0.567. The molecule has 3 aromatic rings. The van der Waals surface area contributed by atoms with Crippen molar-refractivity contribution < 1.29 is 19.4 Å². The SMILES string of the molecule is CC(=O)N1C(=O)/C(=C/c2cn(-c3ccc([N+](=O)[O-])cc3[N+](=O)[O-])nc2-c2ccccc2)SC1=S. The minimum absolute atomic E-state index is 0.00344. The third kappa shape index (κ3) is 4.21. The van der Waals surface area contributed by atoms with E-state index in [9.17, 15) is 29.8 Å². The van der Waals surface area contributed by atoms with Gasteiger partial charge >= 0.3 is 5.69 Å². The molecule has 1 aromatic heterocycles. The lowest BCUT2D eigenvalue weighted by atomic mass is 10.1. The largest absolute Gasteiger partial charge is 0.301 e. The molecule has 2 amide bonds. The molecular weight excluding hydrogens is 482 g/mol. The maximum Gasteiger partial charge on any atom is 0.301 e. The van der Waals surface area contributed by atoms with Crippen LogP contribution in [0.25, 0.3) is 23.0 Å². The van der Waals surface area contributed by atoms with Crippen LogP contribution in [0, 0.1) is 20.2 Å². The third-order valence-electron chi connectivity index (χ3n) is 4.80. The first-order valence-corrected chi connectivity index (χ1v) is 10.8. The number of amides is 2. The third-order valence-corrected chi connectivity index (χ3v) is 6.10. The number of aromatic nitrogens is 2. The Labute approximate surface area is 201 Å². The number of nitrogens with zero attached hydrogens (tertiary/aromatic N) is 5. The van der Waals surface area contributed by atoms with Gasteiger partial charge < -0.3 is 0 Å². The summed E-state index contributed by atoms with van der Waals surface area (Å²) in [7, 11) is 0. The lowest BCUT2D eigenvalue weighted by Crippen LogP contribution is -2.32. The van der Waals surface area contributed by atoms with Crippen LogP contribution in [0.2, 0.25) is 0 Å². The van der Waals surface area contributed by atoms with E-state index in [1.54, 1.807) is 30.3 Å². The molecule has 0 unspecified atom stereocenters. The van der Waals surface area contributed by atoms with Crippen molar-refractivity contribution in [2.24, 2.45) is 0 Å². The second-order valence-corrected chi connectivity index (χ2v) is 8.64. The Kier molecular flexibility index (Phi) is 6.04. The first kappa shape index (κ1) is 22.9. The normalized spacial score (nSPS) is 14.6.